The van der Waals surface area contributed by atoms with Crippen molar-refractivity contribution in [3.63, 3.8) is 0 Å². The highest BCUT2D eigenvalue weighted by Gasteiger charge is 2.24. The van der Waals surface area contributed by atoms with Crippen LogP contribution in [-0.2, 0) is 0 Å². The summed E-state index contributed by atoms with van der Waals surface area (Å²) in [5, 5.41) is 67.9. The summed E-state index contributed by atoms with van der Waals surface area (Å²) in [6.45, 7) is 0. The molecule has 14 heteroatoms. The minimum atomic E-state index is -1.45. The number of benzene rings is 2. The number of hydrogen-bond donors (Lipinski definition) is 0. The van der Waals surface area contributed by atoms with E-state index in [9.17, 15) is 50.7 Å². The Bertz CT molecular complexity index is 907. The van der Waals surface area contributed by atoms with Crippen molar-refractivity contribution >= 4 is 22.7 Å². The number of nitro benzene ring substituents is 4. The average Bonchev–Trinajstić information content (AvgIpc) is 2.54. The first-order chi connectivity index (χ1) is 12.0. The van der Waals surface area contributed by atoms with Crippen LogP contribution in [0.4, 0.5) is 22.7 Å². The van der Waals surface area contributed by atoms with E-state index >= 15 is 0 Å². The van der Waals surface area contributed by atoms with Gasteiger partial charge in [-0.2, -0.15) is 0 Å². The quantitative estimate of drug-likeness (QED) is 0.543. The van der Waals surface area contributed by atoms with Crippen LogP contribution in [0.15, 0.2) is 24.3 Å². The molecule has 0 unspecified atom stereocenters. The maximum Gasteiger partial charge on any atom is 0.276 e. The highest BCUT2D eigenvalue weighted by molar-refractivity contribution is 5.84. The zero-order valence-corrected chi connectivity index (χ0v) is 12.2. The minimum absolute atomic E-state index is 0.349. The molecule has 0 N–H and O–H groups in total. The number of non-ortho nitro benzene ring substituents is 2. The van der Waals surface area contributed by atoms with Crippen molar-refractivity contribution in [3.8, 4) is 22.6 Å². The van der Waals surface area contributed by atoms with E-state index in [4.69, 9.17) is 0 Å². The van der Waals surface area contributed by atoms with Crippen molar-refractivity contribution < 1.29 is 29.9 Å². The second-order valence-electron chi connectivity index (χ2n) is 4.71. The summed E-state index contributed by atoms with van der Waals surface area (Å²) in [4.78, 5) is 38.9. The third-order valence-electron chi connectivity index (χ3n) is 3.21. The molecule has 26 heavy (non-hydrogen) atoms. The molecule has 0 aliphatic rings. The normalized spacial score (nSPS) is 10.3. The van der Waals surface area contributed by atoms with E-state index in [0.717, 1.165) is 0 Å². The fourth-order valence-corrected chi connectivity index (χ4v) is 2.08. The second kappa shape index (κ2) is 6.27. The highest BCUT2D eigenvalue weighted by atomic mass is 16.6. The van der Waals surface area contributed by atoms with Gasteiger partial charge in [0, 0.05) is 12.1 Å². The molecule has 0 saturated carbocycles. The van der Waals surface area contributed by atoms with E-state index in [-0.39, 0.29) is 0 Å². The van der Waals surface area contributed by atoms with E-state index in [1.807, 2.05) is 0 Å². The van der Waals surface area contributed by atoms with Gasteiger partial charge in [-0.25, -0.2) is 0 Å². The van der Waals surface area contributed by atoms with Gasteiger partial charge < -0.3 is 10.2 Å². The van der Waals surface area contributed by atoms with Crippen LogP contribution in [0.1, 0.15) is 0 Å². The van der Waals surface area contributed by atoms with Gasteiger partial charge in [0.05, 0.1) is 31.8 Å². The van der Waals surface area contributed by atoms with Gasteiger partial charge in [-0.15, -0.1) is 0 Å². The van der Waals surface area contributed by atoms with Gasteiger partial charge in [-0.3, -0.25) is 40.5 Å². The Labute approximate surface area is 141 Å². The zero-order chi connectivity index (χ0) is 19.8. The van der Waals surface area contributed by atoms with E-state index in [0.29, 0.717) is 24.3 Å². The highest BCUT2D eigenvalue weighted by Crippen LogP contribution is 2.45. The molecule has 0 aliphatic heterocycles. The maximum atomic E-state index is 12.2. The molecular weight excluding hydrogens is 360 g/mol. The molecular formula is C12H4N4O10-2. The Balaban J connectivity index is 2.95. The molecule has 0 aromatic heterocycles. The summed E-state index contributed by atoms with van der Waals surface area (Å²) in [7, 11) is 0. The molecule has 0 heterocycles. The fraction of sp³-hybridized carbons (Fsp3) is 0. The minimum Gasteiger partial charge on any atom is -0.867 e. The molecule has 0 fully saturated rings. The third-order valence-corrected chi connectivity index (χ3v) is 3.21. The Kier molecular flexibility index (Phi) is 4.34. The van der Waals surface area contributed by atoms with Crippen molar-refractivity contribution in [3.05, 3.63) is 64.7 Å². The predicted molar refractivity (Wildman–Crippen MR) is 77.4 cm³/mol. The lowest BCUT2D eigenvalue weighted by molar-refractivity contribution is -0.404. The molecule has 0 bridgehead atoms. The van der Waals surface area contributed by atoms with Crippen molar-refractivity contribution in [2.24, 2.45) is 0 Å². The summed E-state index contributed by atoms with van der Waals surface area (Å²) >= 11 is 0. The molecule has 0 radical (unpaired) electrons. The Hall–Kier alpha value is -4.36. The molecule has 0 amide bonds. The van der Waals surface area contributed by atoms with Gasteiger partial charge in [0.1, 0.15) is 0 Å². The number of nitro groups is 4. The summed E-state index contributed by atoms with van der Waals surface area (Å²) in [6.07, 6.45) is 0. The van der Waals surface area contributed by atoms with Crippen molar-refractivity contribution in [1.29, 1.82) is 0 Å². The lowest BCUT2D eigenvalue weighted by Crippen LogP contribution is -2.06. The molecule has 14 nitrogen and oxygen atoms in total. The van der Waals surface area contributed by atoms with Crippen LogP contribution >= 0.6 is 0 Å². The van der Waals surface area contributed by atoms with Crippen LogP contribution in [0.2, 0.25) is 0 Å². The van der Waals surface area contributed by atoms with E-state index in [2.05, 4.69) is 0 Å². The summed E-state index contributed by atoms with van der Waals surface area (Å²) in [6, 6.07) is 1.67. The summed E-state index contributed by atoms with van der Waals surface area (Å²) in [5.74, 6) is -2.90. The number of nitrogens with zero attached hydrogens (tertiary/aromatic N) is 4. The van der Waals surface area contributed by atoms with Gasteiger partial charge >= 0.3 is 0 Å². The SMILES string of the molecule is O=[N+]([O-])c1cc(-c2cc([N+](=O)[O-])cc([N+](=O)[O-])c2[O-])c([O-])c([N+](=O)[O-])c1. The van der Waals surface area contributed by atoms with Gasteiger partial charge in [0.25, 0.3) is 22.7 Å². The van der Waals surface area contributed by atoms with Crippen LogP contribution in [0.3, 0.4) is 0 Å². The van der Waals surface area contributed by atoms with E-state index in [1.165, 1.54) is 0 Å². The molecule has 0 spiro atoms. The number of hydrogen-bond acceptors (Lipinski definition) is 10. The maximum absolute atomic E-state index is 12.2. The smallest absolute Gasteiger partial charge is 0.276 e. The molecule has 0 saturated heterocycles. The predicted octanol–water partition coefficient (Wildman–Crippen LogP) is 1.13. The number of rotatable bonds is 5. The van der Waals surface area contributed by atoms with Gasteiger partial charge in [-0.1, -0.05) is 0 Å². The van der Waals surface area contributed by atoms with Gasteiger partial charge in [0.15, 0.2) is 0 Å². The molecule has 2 rings (SSSR count). The van der Waals surface area contributed by atoms with Crippen molar-refractivity contribution in [1.82, 2.24) is 0 Å². The van der Waals surface area contributed by atoms with Crippen LogP contribution < -0.4 is 10.2 Å². The summed E-state index contributed by atoms with van der Waals surface area (Å²) in [5.41, 5.74) is -6.27. The van der Waals surface area contributed by atoms with Crippen LogP contribution in [-0.4, -0.2) is 19.7 Å². The Morgan fingerprint density at radius 3 is 1.08 bits per heavy atom. The second-order valence-corrected chi connectivity index (χ2v) is 4.71. The summed E-state index contributed by atoms with van der Waals surface area (Å²) < 4.78 is 0. The Morgan fingerprint density at radius 1 is 0.538 bits per heavy atom. The third kappa shape index (κ3) is 3.01. The van der Waals surface area contributed by atoms with E-state index in [1.54, 1.807) is 0 Å². The molecule has 0 aliphatic carbocycles. The average molecular weight is 364 g/mol. The molecule has 134 valence electrons. The molecule has 2 aromatic rings. The first-order valence-electron chi connectivity index (χ1n) is 6.32. The monoisotopic (exact) mass is 364 g/mol. The van der Waals surface area contributed by atoms with Gasteiger partial charge in [0.2, 0.25) is 0 Å². The fourth-order valence-electron chi connectivity index (χ4n) is 2.08. The zero-order valence-electron chi connectivity index (χ0n) is 12.2. The topological polar surface area (TPSA) is 219 Å². The molecule has 2 aromatic carbocycles. The lowest BCUT2D eigenvalue weighted by Gasteiger charge is -2.18. The van der Waals surface area contributed by atoms with Gasteiger partial charge in [-0.05, 0) is 22.6 Å². The van der Waals surface area contributed by atoms with Crippen molar-refractivity contribution in [2.75, 3.05) is 0 Å². The largest absolute Gasteiger partial charge is 0.867 e. The standard InChI is InChI=1S/C12H6N4O10/c17-11-7(1-5(13(19)20)3-9(11)15(23)24)8-2-6(14(21)22)4-10(12(8)18)16(25)26/h1-4,17-18H/p-2. The first kappa shape index (κ1) is 18.0. The molecule has 0 atom stereocenters. The first-order valence-corrected chi connectivity index (χ1v) is 6.32. The van der Waals surface area contributed by atoms with Crippen molar-refractivity contribution in [2.45, 2.75) is 0 Å². The van der Waals surface area contributed by atoms with E-state index < -0.39 is 65.1 Å². The van der Waals surface area contributed by atoms with Crippen LogP contribution in [0.25, 0.3) is 11.1 Å². The van der Waals surface area contributed by atoms with Crippen LogP contribution in [0, 0.1) is 40.5 Å². The lowest BCUT2D eigenvalue weighted by atomic mass is 10.00. The Morgan fingerprint density at radius 2 is 0.846 bits per heavy atom. The van der Waals surface area contributed by atoms with Crippen LogP contribution in [0.5, 0.6) is 11.5 Å².